The van der Waals surface area contributed by atoms with Gasteiger partial charge in [-0.15, -0.1) is 0 Å². The van der Waals surface area contributed by atoms with Crippen molar-refractivity contribution in [3.05, 3.63) is 162 Å². The smallest absolute Gasteiger partial charge is 0.169 e. The zero-order valence-electron chi connectivity index (χ0n) is 26.3. The summed E-state index contributed by atoms with van der Waals surface area (Å²) in [6.45, 7) is 0.697. The number of amidine groups is 2. The van der Waals surface area contributed by atoms with Crippen LogP contribution in [0.25, 0.3) is 59.6 Å². The summed E-state index contributed by atoms with van der Waals surface area (Å²) in [5, 5.41) is 14.5. The highest BCUT2D eigenvalue weighted by molar-refractivity contribution is 6.32. The Morgan fingerprint density at radius 2 is 1.27 bits per heavy atom. The van der Waals surface area contributed by atoms with E-state index in [0.29, 0.717) is 6.54 Å². The van der Waals surface area contributed by atoms with E-state index in [4.69, 9.17) is 14.4 Å². The fourth-order valence-corrected chi connectivity index (χ4v) is 7.46. The average molecular weight is 619 g/mol. The number of benzene rings is 7. The van der Waals surface area contributed by atoms with Crippen LogP contribution in [-0.4, -0.2) is 23.6 Å². The number of para-hydroxylation sites is 1. The monoisotopic (exact) mass is 618 g/mol. The van der Waals surface area contributed by atoms with Gasteiger partial charge in [-0.25, -0.2) is 9.98 Å². The topological polar surface area (TPSA) is 53.1 Å². The van der Waals surface area contributed by atoms with Crippen LogP contribution < -0.4 is 5.32 Å². The Kier molecular flexibility index (Phi) is 5.85. The molecule has 7 aromatic carbocycles. The predicted molar refractivity (Wildman–Crippen MR) is 198 cm³/mol. The molecule has 1 N–H and O–H groups in total. The van der Waals surface area contributed by atoms with Crippen molar-refractivity contribution in [2.24, 2.45) is 9.98 Å². The number of nitrogens with zero attached hydrogens (tertiary/aromatic N) is 3. The first kappa shape index (κ1) is 27.0. The zero-order chi connectivity index (χ0) is 31.8. The summed E-state index contributed by atoms with van der Waals surface area (Å²) >= 11 is 0. The molecule has 0 spiro atoms. The number of fused-ring (bicyclic) bond motifs is 9. The molecule has 5 nitrogen and oxygen atoms in total. The Hall–Kier alpha value is -6.20. The number of aliphatic imine (C=N–C) groups is 2. The number of rotatable bonds is 3. The molecule has 1 unspecified atom stereocenters. The average Bonchev–Trinajstić information content (AvgIpc) is 3.51. The largest absolute Gasteiger partial charge is 0.459 e. The fourth-order valence-electron chi connectivity index (χ4n) is 7.46. The van der Waals surface area contributed by atoms with E-state index in [9.17, 15) is 0 Å². The molecule has 0 bridgehead atoms. The van der Waals surface area contributed by atoms with Gasteiger partial charge >= 0.3 is 0 Å². The van der Waals surface area contributed by atoms with Crippen molar-refractivity contribution in [3.63, 3.8) is 0 Å². The van der Waals surface area contributed by atoms with Crippen LogP contribution in [0, 0.1) is 0 Å². The minimum absolute atomic E-state index is 0.428. The highest BCUT2D eigenvalue weighted by atomic mass is 16.3. The molecule has 48 heavy (non-hydrogen) atoms. The van der Waals surface area contributed by atoms with Gasteiger partial charge in [0.25, 0.3) is 0 Å². The first-order valence-corrected chi connectivity index (χ1v) is 16.4. The van der Waals surface area contributed by atoms with E-state index in [2.05, 4.69) is 145 Å². The second kappa shape index (κ2) is 10.4. The molecule has 228 valence electrons. The molecular formula is C43H30N4O. The number of nitrogens with one attached hydrogen (secondary N) is 1. The first-order chi connectivity index (χ1) is 23.7. The van der Waals surface area contributed by atoms with Gasteiger partial charge in [0, 0.05) is 35.3 Å². The molecule has 2 aliphatic heterocycles. The highest BCUT2D eigenvalue weighted by Crippen LogP contribution is 2.38. The van der Waals surface area contributed by atoms with Crippen molar-refractivity contribution in [2.45, 2.75) is 12.7 Å². The first-order valence-electron chi connectivity index (χ1n) is 16.4. The standard InChI is InChI=1S/C43H30N4O/c1-47-24-37(40-35-12-6-7-13-38(35)48-39(40)25-47)43-45-41(30-16-14-26-8-2-3-10-29(26)22-30)44-42(46-43)31-17-15-28-19-20-33-32-11-5-4-9-27(32)18-21-34(33)36(28)23-31/h2-24,41H,25H2,1H3,(H,44,45,46). The lowest BCUT2D eigenvalue weighted by Gasteiger charge is -2.27. The lowest BCUT2D eigenvalue weighted by molar-refractivity contribution is 0.387. The molecule has 1 atom stereocenters. The van der Waals surface area contributed by atoms with Crippen LogP contribution in [-0.2, 0) is 6.54 Å². The van der Waals surface area contributed by atoms with E-state index in [1.165, 1.54) is 43.1 Å². The van der Waals surface area contributed by atoms with Crippen molar-refractivity contribution in [3.8, 4) is 0 Å². The van der Waals surface area contributed by atoms with Gasteiger partial charge in [0.2, 0.25) is 0 Å². The summed E-state index contributed by atoms with van der Waals surface area (Å²) in [5.41, 5.74) is 5.03. The molecular weight excluding hydrogens is 589 g/mol. The SMILES string of the molecule is CN1C=C(C2=NC(c3ccc4ccccc4c3)N=C(c3ccc4ccc5c6ccccc6ccc5c4c3)N2)c2c(oc3ccccc23)C1. The lowest BCUT2D eigenvalue weighted by atomic mass is 9.95. The molecule has 0 fully saturated rings. The maximum absolute atomic E-state index is 6.38. The number of furan rings is 1. The van der Waals surface area contributed by atoms with E-state index in [1.54, 1.807) is 0 Å². The Morgan fingerprint density at radius 3 is 2.15 bits per heavy atom. The van der Waals surface area contributed by atoms with Crippen molar-refractivity contribution in [1.82, 2.24) is 10.2 Å². The lowest BCUT2D eigenvalue weighted by Crippen LogP contribution is -2.37. The molecule has 3 heterocycles. The van der Waals surface area contributed by atoms with Crippen molar-refractivity contribution in [2.75, 3.05) is 7.05 Å². The third-order valence-electron chi connectivity index (χ3n) is 9.76. The van der Waals surface area contributed by atoms with Crippen LogP contribution in [0.2, 0.25) is 0 Å². The molecule has 0 saturated carbocycles. The van der Waals surface area contributed by atoms with Crippen molar-refractivity contribution < 1.29 is 4.42 Å². The van der Waals surface area contributed by atoms with E-state index in [0.717, 1.165) is 50.7 Å². The van der Waals surface area contributed by atoms with Gasteiger partial charge in [0.1, 0.15) is 23.0 Å². The third kappa shape index (κ3) is 4.25. The van der Waals surface area contributed by atoms with E-state index in [1.807, 2.05) is 12.1 Å². The quantitative estimate of drug-likeness (QED) is 0.201. The van der Waals surface area contributed by atoms with Crippen LogP contribution in [0.15, 0.2) is 154 Å². The Labute approximate surface area is 277 Å². The van der Waals surface area contributed by atoms with Gasteiger partial charge in [-0.1, -0.05) is 115 Å². The minimum Gasteiger partial charge on any atom is -0.459 e. The number of hydrogen-bond donors (Lipinski definition) is 1. The van der Waals surface area contributed by atoms with Crippen molar-refractivity contribution in [1.29, 1.82) is 0 Å². The van der Waals surface area contributed by atoms with Crippen molar-refractivity contribution >= 4 is 71.3 Å². The maximum atomic E-state index is 6.38. The van der Waals surface area contributed by atoms with E-state index >= 15 is 0 Å². The van der Waals surface area contributed by atoms with Gasteiger partial charge in [-0.05, 0) is 66.9 Å². The van der Waals surface area contributed by atoms with Gasteiger partial charge in [0.05, 0.1) is 6.54 Å². The Morgan fingerprint density at radius 1 is 0.604 bits per heavy atom. The summed E-state index contributed by atoms with van der Waals surface area (Å²) in [7, 11) is 2.08. The van der Waals surface area contributed by atoms with Gasteiger partial charge < -0.3 is 14.6 Å². The molecule has 8 aromatic rings. The van der Waals surface area contributed by atoms with Crippen LogP contribution >= 0.6 is 0 Å². The second-order valence-electron chi connectivity index (χ2n) is 12.8. The minimum atomic E-state index is -0.428. The molecule has 0 aliphatic carbocycles. The maximum Gasteiger partial charge on any atom is 0.169 e. The molecule has 0 radical (unpaired) electrons. The van der Waals surface area contributed by atoms with Gasteiger partial charge in [-0.2, -0.15) is 0 Å². The van der Waals surface area contributed by atoms with E-state index in [-0.39, 0.29) is 0 Å². The summed E-state index contributed by atoms with van der Waals surface area (Å²) in [4.78, 5) is 12.8. The molecule has 0 amide bonds. The second-order valence-corrected chi connectivity index (χ2v) is 12.8. The highest BCUT2D eigenvalue weighted by Gasteiger charge is 2.30. The van der Waals surface area contributed by atoms with E-state index < -0.39 is 6.17 Å². The third-order valence-corrected chi connectivity index (χ3v) is 9.76. The van der Waals surface area contributed by atoms with Crippen LogP contribution in [0.1, 0.15) is 28.6 Å². The molecule has 10 rings (SSSR count). The van der Waals surface area contributed by atoms with Crippen LogP contribution in [0.5, 0.6) is 0 Å². The van der Waals surface area contributed by atoms with Gasteiger partial charge in [-0.3, -0.25) is 0 Å². The van der Waals surface area contributed by atoms with Crippen LogP contribution in [0.4, 0.5) is 0 Å². The predicted octanol–water partition coefficient (Wildman–Crippen LogP) is 9.98. The molecule has 0 saturated heterocycles. The Bertz CT molecular complexity index is 2710. The van der Waals surface area contributed by atoms with Gasteiger partial charge in [0.15, 0.2) is 6.17 Å². The molecule has 5 heteroatoms. The summed E-state index contributed by atoms with van der Waals surface area (Å²) in [5.74, 6) is 2.51. The zero-order valence-corrected chi connectivity index (χ0v) is 26.3. The summed E-state index contributed by atoms with van der Waals surface area (Å²) in [6.07, 6.45) is 1.75. The summed E-state index contributed by atoms with van der Waals surface area (Å²) in [6, 6.07) is 47.4. The fraction of sp³-hybridized carbons (Fsp3) is 0.0698. The molecule has 1 aromatic heterocycles. The molecule has 2 aliphatic rings. The normalized spacial score (nSPS) is 16.2. The summed E-state index contributed by atoms with van der Waals surface area (Å²) < 4.78 is 6.38. The number of hydrogen-bond acceptors (Lipinski definition) is 5. The van der Waals surface area contributed by atoms with Crippen LogP contribution in [0.3, 0.4) is 0 Å². The Balaban J connectivity index is 1.16.